The summed E-state index contributed by atoms with van der Waals surface area (Å²) in [5, 5.41) is 12.7. The molecule has 1 aromatic carbocycles. The maximum atomic E-state index is 9.25. The lowest BCUT2D eigenvalue weighted by atomic mass is 10.1. The molecule has 0 fully saturated rings. The number of hydrogen-bond donors (Lipinski definition) is 2. The minimum atomic E-state index is 0.241. The Labute approximate surface area is 108 Å². The van der Waals surface area contributed by atoms with E-state index in [1.54, 1.807) is 12.1 Å². The molecule has 1 atom stereocenters. The van der Waals surface area contributed by atoms with Crippen molar-refractivity contribution < 1.29 is 5.11 Å². The van der Waals surface area contributed by atoms with Gasteiger partial charge in [-0.15, -0.1) is 0 Å². The number of phenols is 1. The van der Waals surface area contributed by atoms with Gasteiger partial charge in [0.1, 0.15) is 5.75 Å². The molecule has 0 spiro atoms. The molecule has 0 aliphatic carbocycles. The minimum Gasteiger partial charge on any atom is -0.508 e. The van der Waals surface area contributed by atoms with Gasteiger partial charge in [-0.2, -0.15) is 0 Å². The summed E-state index contributed by atoms with van der Waals surface area (Å²) in [4.78, 5) is 4.13. The number of benzene rings is 1. The van der Waals surface area contributed by atoms with Crippen LogP contribution in [-0.4, -0.2) is 10.1 Å². The standard InChI is InChI=1S/C15H18N2O/c1-11-7-8-16-9-14(11)10-17-12(2)13-3-5-15(18)6-4-13/h3-9,12,17-18H,10H2,1-2H3. The molecule has 1 heterocycles. The second-order valence-electron chi connectivity index (χ2n) is 4.50. The molecule has 3 nitrogen and oxygen atoms in total. The smallest absolute Gasteiger partial charge is 0.115 e. The zero-order valence-electron chi connectivity index (χ0n) is 10.7. The lowest BCUT2D eigenvalue weighted by Gasteiger charge is -2.15. The summed E-state index contributed by atoms with van der Waals surface area (Å²) in [5.41, 5.74) is 3.62. The van der Waals surface area contributed by atoms with Crippen LogP contribution < -0.4 is 5.32 Å². The van der Waals surface area contributed by atoms with Crippen LogP contribution in [0.5, 0.6) is 5.75 Å². The predicted molar refractivity (Wildman–Crippen MR) is 72.3 cm³/mol. The molecule has 2 rings (SSSR count). The largest absolute Gasteiger partial charge is 0.508 e. The van der Waals surface area contributed by atoms with E-state index in [9.17, 15) is 5.11 Å². The molecule has 18 heavy (non-hydrogen) atoms. The Hall–Kier alpha value is -1.87. The molecule has 94 valence electrons. The maximum absolute atomic E-state index is 9.25. The molecule has 0 aliphatic rings. The molecular weight excluding hydrogens is 224 g/mol. The van der Waals surface area contributed by atoms with Gasteiger partial charge >= 0.3 is 0 Å². The van der Waals surface area contributed by atoms with Gasteiger partial charge in [0, 0.05) is 25.0 Å². The number of aromatic nitrogens is 1. The number of nitrogens with one attached hydrogen (secondary N) is 1. The van der Waals surface area contributed by atoms with Crippen molar-refractivity contribution in [3.05, 3.63) is 59.4 Å². The first-order valence-corrected chi connectivity index (χ1v) is 6.08. The van der Waals surface area contributed by atoms with Gasteiger partial charge in [0.15, 0.2) is 0 Å². The van der Waals surface area contributed by atoms with Crippen LogP contribution in [0, 0.1) is 6.92 Å². The van der Waals surface area contributed by atoms with Crippen LogP contribution in [0.1, 0.15) is 29.7 Å². The van der Waals surface area contributed by atoms with E-state index in [0.717, 1.165) is 12.1 Å². The van der Waals surface area contributed by atoms with Gasteiger partial charge in [-0.1, -0.05) is 12.1 Å². The van der Waals surface area contributed by atoms with Gasteiger partial charge < -0.3 is 10.4 Å². The lowest BCUT2D eigenvalue weighted by molar-refractivity contribution is 0.474. The highest BCUT2D eigenvalue weighted by Crippen LogP contribution is 2.17. The quantitative estimate of drug-likeness (QED) is 0.866. The van der Waals surface area contributed by atoms with Gasteiger partial charge in [0.2, 0.25) is 0 Å². The molecule has 2 aromatic rings. The third kappa shape index (κ3) is 3.08. The van der Waals surface area contributed by atoms with Gasteiger partial charge in [-0.05, 0) is 48.7 Å². The van der Waals surface area contributed by atoms with Crippen molar-refractivity contribution in [1.82, 2.24) is 10.3 Å². The molecule has 0 saturated heterocycles. The van der Waals surface area contributed by atoms with Crippen molar-refractivity contribution in [3.63, 3.8) is 0 Å². The number of nitrogens with zero attached hydrogens (tertiary/aromatic N) is 1. The van der Waals surface area contributed by atoms with Crippen molar-refractivity contribution in [2.75, 3.05) is 0 Å². The predicted octanol–water partition coefficient (Wildman–Crippen LogP) is 2.95. The zero-order valence-corrected chi connectivity index (χ0v) is 10.7. The number of phenolic OH excluding ortho intramolecular Hbond substituents is 1. The lowest BCUT2D eigenvalue weighted by Crippen LogP contribution is -2.18. The van der Waals surface area contributed by atoms with Crippen LogP contribution >= 0.6 is 0 Å². The highest BCUT2D eigenvalue weighted by Gasteiger charge is 2.05. The Bertz CT molecular complexity index is 508. The van der Waals surface area contributed by atoms with Crippen molar-refractivity contribution in [1.29, 1.82) is 0 Å². The molecule has 3 heteroatoms. The van der Waals surface area contributed by atoms with Crippen LogP contribution in [0.2, 0.25) is 0 Å². The van der Waals surface area contributed by atoms with Crippen molar-refractivity contribution >= 4 is 0 Å². The van der Waals surface area contributed by atoms with Crippen molar-refractivity contribution in [2.45, 2.75) is 26.4 Å². The van der Waals surface area contributed by atoms with E-state index in [1.807, 2.05) is 30.6 Å². The highest BCUT2D eigenvalue weighted by molar-refractivity contribution is 5.28. The molecule has 1 aromatic heterocycles. The fraction of sp³-hybridized carbons (Fsp3) is 0.267. The Morgan fingerprint density at radius 3 is 2.61 bits per heavy atom. The number of rotatable bonds is 4. The second-order valence-corrected chi connectivity index (χ2v) is 4.50. The van der Waals surface area contributed by atoms with E-state index in [2.05, 4.69) is 24.1 Å². The first kappa shape index (κ1) is 12.6. The molecule has 0 radical (unpaired) electrons. The number of pyridine rings is 1. The maximum Gasteiger partial charge on any atom is 0.115 e. The molecule has 2 N–H and O–H groups in total. The molecule has 0 saturated carbocycles. The van der Waals surface area contributed by atoms with Crippen LogP contribution in [-0.2, 0) is 6.54 Å². The molecule has 1 unspecified atom stereocenters. The van der Waals surface area contributed by atoms with Crippen LogP contribution in [0.4, 0.5) is 0 Å². The van der Waals surface area contributed by atoms with E-state index >= 15 is 0 Å². The van der Waals surface area contributed by atoms with Gasteiger partial charge in [-0.3, -0.25) is 4.98 Å². The molecule has 0 bridgehead atoms. The van der Waals surface area contributed by atoms with Crippen LogP contribution in [0.3, 0.4) is 0 Å². The first-order valence-electron chi connectivity index (χ1n) is 6.08. The number of aryl methyl sites for hydroxylation is 1. The third-order valence-corrected chi connectivity index (χ3v) is 3.14. The van der Waals surface area contributed by atoms with Gasteiger partial charge in [0.05, 0.1) is 0 Å². The zero-order chi connectivity index (χ0) is 13.0. The van der Waals surface area contributed by atoms with Gasteiger partial charge in [-0.25, -0.2) is 0 Å². The topological polar surface area (TPSA) is 45.2 Å². The van der Waals surface area contributed by atoms with E-state index in [4.69, 9.17) is 0 Å². The van der Waals surface area contributed by atoms with Gasteiger partial charge in [0.25, 0.3) is 0 Å². The average Bonchev–Trinajstić information content (AvgIpc) is 2.38. The van der Waals surface area contributed by atoms with E-state index in [1.165, 1.54) is 11.1 Å². The number of aromatic hydroxyl groups is 1. The summed E-state index contributed by atoms with van der Waals surface area (Å²) in [6, 6.07) is 9.55. The third-order valence-electron chi connectivity index (χ3n) is 3.14. The second kappa shape index (κ2) is 5.65. The first-order chi connectivity index (χ1) is 8.66. The summed E-state index contributed by atoms with van der Waals surface area (Å²) in [6.07, 6.45) is 3.70. The minimum absolute atomic E-state index is 0.241. The monoisotopic (exact) mass is 242 g/mol. The Balaban J connectivity index is 1.98. The summed E-state index contributed by atoms with van der Waals surface area (Å²) in [6.45, 7) is 4.99. The fourth-order valence-corrected chi connectivity index (χ4v) is 1.83. The fourth-order valence-electron chi connectivity index (χ4n) is 1.83. The summed E-state index contributed by atoms with van der Waals surface area (Å²) >= 11 is 0. The normalized spacial score (nSPS) is 12.3. The summed E-state index contributed by atoms with van der Waals surface area (Å²) in [7, 11) is 0. The Morgan fingerprint density at radius 2 is 1.94 bits per heavy atom. The number of hydrogen-bond acceptors (Lipinski definition) is 3. The Morgan fingerprint density at radius 1 is 1.22 bits per heavy atom. The Kier molecular flexibility index (Phi) is 3.95. The molecular formula is C15H18N2O. The van der Waals surface area contributed by atoms with E-state index in [-0.39, 0.29) is 6.04 Å². The van der Waals surface area contributed by atoms with Crippen molar-refractivity contribution in [3.8, 4) is 5.75 Å². The summed E-state index contributed by atoms with van der Waals surface area (Å²) < 4.78 is 0. The molecule has 0 amide bonds. The van der Waals surface area contributed by atoms with E-state index in [0.29, 0.717) is 5.75 Å². The highest BCUT2D eigenvalue weighted by atomic mass is 16.3. The van der Waals surface area contributed by atoms with Crippen molar-refractivity contribution in [2.24, 2.45) is 0 Å². The van der Waals surface area contributed by atoms with Crippen LogP contribution in [0.25, 0.3) is 0 Å². The van der Waals surface area contributed by atoms with E-state index < -0.39 is 0 Å². The summed E-state index contributed by atoms with van der Waals surface area (Å²) in [5.74, 6) is 0.300. The van der Waals surface area contributed by atoms with Crippen LogP contribution in [0.15, 0.2) is 42.7 Å². The molecule has 0 aliphatic heterocycles. The SMILES string of the molecule is Cc1ccncc1CNC(C)c1ccc(O)cc1. The average molecular weight is 242 g/mol.